The molecular formula is C13H19BrO. The molecule has 1 nitrogen and oxygen atoms in total. The Morgan fingerprint density at radius 3 is 2.73 bits per heavy atom. The van der Waals surface area contributed by atoms with Gasteiger partial charge in [-0.05, 0) is 36.6 Å². The van der Waals surface area contributed by atoms with Crippen molar-refractivity contribution < 1.29 is 5.11 Å². The van der Waals surface area contributed by atoms with Crippen molar-refractivity contribution in [2.45, 2.75) is 45.6 Å². The summed E-state index contributed by atoms with van der Waals surface area (Å²) in [5.74, 6) is 0. The van der Waals surface area contributed by atoms with Crippen LogP contribution in [-0.2, 0) is 0 Å². The number of benzene rings is 1. The van der Waals surface area contributed by atoms with Crippen molar-refractivity contribution in [1.82, 2.24) is 0 Å². The smallest absolute Gasteiger partial charge is 0.0793 e. The number of aryl methyl sites for hydroxylation is 1. The molecule has 0 saturated carbocycles. The van der Waals surface area contributed by atoms with E-state index in [4.69, 9.17) is 0 Å². The van der Waals surface area contributed by atoms with Gasteiger partial charge in [0.1, 0.15) is 0 Å². The zero-order chi connectivity index (χ0) is 11.3. The van der Waals surface area contributed by atoms with Crippen LogP contribution < -0.4 is 0 Å². The summed E-state index contributed by atoms with van der Waals surface area (Å²) in [4.78, 5) is 0. The molecule has 0 aliphatic heterocycles. The molecule has 0 saturated heterocycles. The van der Waals surface area contributed by atoms with Gasteiger partial charge in [-0.2, -0.15) is 0 Å². The molecule has 0 amide bonds. The van der Waals surface area contributed by atoms with E-state index in [0.29, 0.717) is 0 Å². The van der Waals surface area contributed by atoms with Crippen molar-refractivity contribution in [2.24, 2.45) is 0 Å². The number of rotatable bonds is 5. The van der Waals surface area contributed by atoms with Crippen molar-refractivity contribution >= 4 is 15.9 Å². The summed E-state index contributed by atoms with van der Waals surface area (Å²) in [6.07, 6.45) is 4.05. The van der Waals surface area contributed by atoms with Crippen molar-refractivity contribution in [3.63, 3.8) is 0 Å². The number of hydrogen-bond donors (Lipinski definition) is 1. The molecule has 0 bridgehead atoms. The first-order valence-electron chi connectivity index (χ1n) is 5.59. The molecule has 0 aliphatic carbocycles. The van der Waals surface area contributed by atoms with Gasteiger partial charge in [0.05, 0.1) is 6.10 Å². The normalized spacial score (nSPS) is 12.8. The highest BCUT2D eigenvalue weighted by atomic mass is 79.9. The summed E-state index contributed by atoms with van der Waals surface area (Å²) in [7, 11) is 0. The molecule has 1 unspecified atom stereocenters. The summed E-state index contributed by atoms with van der Waals surface area (Å²) in [6.45, 7) is 4.22. The fraction of sp³-hybridized carbons (Fsp3) is 0.538. The Morgan fingerprint density at radius 1 is 1.33 bits per heavy atom. The minimum Gasteiger partial charge on any atom is -0.388 e. The van der Waals surface area contributed by atoms with E-state index >= 15 is 0 Å². The minimum atomic E-state index is -0.311. The summed E-state index contributed by atoms with van der Waals surface area (Å²) in [6, 6.07) is 6.08. The molecule has 84 valence electrons. The van der Waals surface area contributed by atoms with Crippen LogP contribution in [0.2, 0.25) is 0 Å². The van der Waals surface area contributed by atoms with Gasteiger partial charge in [0.2, 0.25) is 0 Å². The Bertz CT molecular complexity index is 309. The van der Waals surface area contributed by atoms with Crippen molar-refractivity contribution in [3.05, 3.63) is 33.8 Å². The van der Waals surface area contributed by atoms with Gasteiger partial charge in [-0.25, -0.2) is 0 Å². The topological polar surface area (TPSA) is 20.2 Å². The van der Waals surface area contributed by atoms with Crippen molar-refractivity contribution in [3.8, 4) is 0 Å². The van der Waals surface area contributed by atoms with E-state index in [9.17, 15) is 5.11 Å². The van der Waals surface area contributed by atoms with Gasteiger partial charge in [0.15, 0.2) is 0 Å². The maximum Gasteiger partial charge on any atom is 0.0793 e. The summed E-state index contributed by atoms with van der Waals surface area (Å²) < 4.78 is 1.04. The number of unbranched alkanes of at least 4 members (excludes halogenated alkanes) is 2. The molecule has 0 aromatic heterocycles. The number of hydrogen-bond acceptors (Lipinski definition) is 1. The zero-order valence-electron chi connectivity index (χ0n) is 9.46. The molecule has 0 radical (unpaired) electrons. The zero-order valence-corrected chi connectivity index (χ0v) is 11.0. The quantitative estimate of drug-likeness (QED) is 0.788. The molecule has 0 spiro atoms. The largest absolute Gasteiger partial charge is 0.388 e. The van der Waals surface area contributed by atoms with E-state index < -0.39 is 0 Å². The van der Waals surface area contributed by atoms with Gasteiger partial charge >= 0.3 is 0 Å². The summed E-state index contributed by atoms with van der Waals surface area (Å²) in [5, 5.41) is 10.0. The average Bonchev–Trinajstić information content (AvgIpc) is 2.22. The number of aliphatic hydroxyl groups is 1. The lowest BCUT2D eigenvalue weighted by atomic mass is 9.99. The predicted octanol–water partition coefficient (Wildman–Crippen LogP) is 4.37. The Hall–Kier alpha value is -0.340. The Kier molecular flexibility index (Phi) is 5.34. The molecule has 0 aliphatic rings. The van der Waals surface area contributed by atoms with Gasteiger partial charge in [-0.15, -0.1) is 0 Å². The fourth-order valence-electron chi connectivity index (χ4n) is 1.71. The lowest BCUT2D eigenvalue weighted by molar-refractivity contribution is 0.163. The second-order valence-electron chi connectivity index (χ2n) is 4.01. The van der Waals surface area contributed by atoms with Gasteiger partial charge < -0.3 is 5.11 Å². The van der Waals surface area contributed by atoms with Gasteiger partial charge in [0.25, 0.3) is 0 Å². The maximum absolute atomic E-state index is 10.0. The first kappa shape index (κ1) is 12.7. The van der Waals surface area contributed by atoms with E-state index in [1.807, 2.05) is 25.1 Å². The standard InChI is InChI=1S/C13H19BrO/c1-3-4-5-6-13(15)12-9-11(14)8-7-10(12)2/h7-9,13,15H,3-6H2,1-2H3. The van der Waals surface area contributed by atoms with Crippen molar-refractivity contribution in [2.75, 3.05) is 0 Å². The average molecular weight is 271 g/mol. The highest BCUT2D eigenvalue weighted by Crippen LogP contribution is 2.25. The van der Waals surface area contributed by atoms with Crippen LogP contribution in [0.25, 0.3) is 0 Å². The van der Waals surface area contributed by atoms with E-state index in [1.54, 1.807) is 0 Å². The van der Waals surface area contributed by atoms with Gasteiger partial charge in [0, 0.05) is 4.47 Å². The van der Waals surface area contributed by atoms with Crippen LogP contribution in [0.1, 0.15) is 49.8 Å². The van der Waals surface area contributed by atoms with Gasteiger partial charge in [-0.3, -0.25) is 0 Å². The molecule has 15 heavy (non-hydrogen) atoms. The maximum atomic E-state index is 10.0. The van der Waals surface area contributed by atoms with Crippen LogP contribution in [0.4, 0.5) is 0 Å². The molecule has 1 atom stereocenters. The lowest BCUT2D eigenvalue weighted by Crippen LogP contribution is -2.00. The first-order valence-corrected chi connectivity index (χ1v) is 6.38. The summed E-state index contributed by atoms with van der Waals surface area (Å²) in [5.41, 5.74) is 2.22. The minimum absolute atomic E-state index is 0.311. The third kappa shape index (κ3) is 3.96. The van der Waals surface area contributed by atoms with Crippen molar-refractivity contribution in [1.29, 1.82) is 0 Å². The monoisotopic (exact) mass is 270 g/mol. The van der Waals surface area contributed by atoms with Crippen LogP contribution in [-0.4, -0.2) is 5.11 Å². The lowest BCUT2D eigenvalue weighted by Gasteiger charge is -2.13. The highest BCUT2D eigenvalue weighted by Gasteiger charge is 2.10. The first-order chi connectivity index (χ1) is 7.15. The molecule has 0 heterocycles. The number of halogens is 1. The summed E-state index contributed by atoms with van der Waals surface area (Å²) >= 11 is 3.44. The van der Waals surface area contributed by atoms with E-state index in [2.05, 4.69) is 22.9 Å². The van der Waals surface area contributed by atoms with Crippen LogP contribution in [0.15, 0.2) is 22.7 Å². The van der Waals surface area contributed by atoms with E-state index in [1.165, 1.54) is 18.4 Å². The van der Waals surface area contributed by atoms with Gasteiger partial charge in [-0.1, -0.05) is 48.2 Å². The van der Waals surface area contributed by atoms with Crippen LogP contribution in [0, 0.1) is 6.92 Å². The molecule has 1 aromatic carbocycles. The molecule has 1 rings (SSSR count). The van der Waals surface area contributed by atoms with Crippen LogP contribution >= 0.6 is 15.9 Å². The third-order valence-electron chi connectivity index (χ3n) is 2.68. The second-order valence-corrected chi connectivity index (χ2v) is 4.93. The molecule has 1 aromatic rings. The molecule has 0 fully saturated rings. The molecule has 2 heteroatoms. The predicted molar refractivity (Wildman–Crippen MR) is 68.0 cm³/mol. The highest BCUT2D eigenvalue weighted by molar-refractivity contribution is 9.10. The van der Waals surface area contributed by atoms with Crippen LogP contribution in [0.3, 0.4) is 0 Å². The second kappa shape index (κ2) is 6.29. The van der Waals surface area contributed by atoms with E-state index in [-0.39, 0.29) is 6.10 Å². The molecule has 1 N–H and O–H groups in total. The van der Waals surface area contributed by atoms with Crippen LogP contribution in [0.5, 0.6) is 0 Å². The third-order valence-corrected chi connectivity index (χ3v) is 3.17. The SMILES string of the molecule is CCCCCC(O)c1cc(Br)ccc1C. The fourth-order valence-corrected chi connectivity index (χ4v) is 2.09. The molecular weight excluding hydrogens is 252 g/mol. The van der Waals surface area contributed by atoms with E-state index in [0.717, 1.165) is 22.9 Å². The Balaban J connectivity index is 2.64. The Morgan fingerprint density at radius 2 is 2.07 bits per heavy atom. The Labute approximate surface area is 101 Å². The number of aliphatic hydroxyl groups excluding tert-OH is 1.